The summed E-state index contributed by atoms with van der Waals surface area (Å²) in [5.41, 5.74) is 4.07. The van der Waals surface area contributed by atoms with Crippen LogP contribution in [0.1, 0.15) is 35.4 Å². The maximum atomic E-state index is 9.12. The fourth-order valence-electron chi connectivity index (χ4n) is 2.81. The molecule has 0 bridgehead atoms. The van der Waals surface area contributed by atoms with Crippen LogP contribution in [0.25, 0.3) is 0 Å². The van der Waals surface area contributed by atoms with Crippen molar-refractivity contribution in [2.24, 2.45) is 5.16 Å². The highest BCUT2D eigenvalue weighted by molar-refractivity contribution is 6.42. The molecule has 0 amide bonds. The standard InChI is InChI=1S/C16H13Cl2NO/c17-14-7-5-10(9-15(14)18)11-6-8-16(19-20)13-4-2-1-3-12(11)13/h1-5,7,9,11,20H,6,8H2/b19-16+. The lowest BCUT2D eigenvalue weighted by Gasteiger charge is -2.26. The van der Waals surface area contributed by atoms with Gasteiger partial charge in [-0.1, -0.05) is 58.7 Å². The van der Waals surface area contributed by atoms with Gasteiger partial charge in [0.2, 0.25) is 0 Å². The van der Waals surface area contributed by atoms with E-state index in [2.05, 4.69) is 11.2 Å². The number of fused-ring (bicyclic) bond motifs is 1. The van der Waals surface area contributed by atoms with Crippen molar-refractivity contribution < 1.29 is 5.21 Å². The van der Waals surface area contributed by atoms with Crippen LogP contribution >= 0.6 is 23.2 Å². The topological polar surface area (TPSA) is 32.6 Å². The Balaban J connectivity index is 2.09. The van der Waals surface area contributed by atoms with E-state index in [0.29, 0.717) is 10.0 Å². The first-order valence-electron chi connectivity index (χ1n) is 6.46. The minimum absolute atomic E-state index is 0.256. The largest absolute Gasteiger partial charge is 0.411 e. The lowest BCUT2D eigenvalue weighted by molar-refractivity contribution is 0.317. The third-order valence-electron chi connectivity index (χ3n) is 3.78. The number of halogens is 2. The second-order valence-electron chi connectivity index (χ2n) is 4.90. The first kappa shape index (κ1) is 13.5. The van der Waals surface area contributed by atoms with Crippen molar-refractivity contribution in [2.45, 2.75) is 18.8 Å². The Morgan fingerprint density at radius 2 is 1.85 bits per heavy atom. The average molecular weight is 306 g/mol. The van der Waals surface area contributed by atoms with E-state index >= 15 is 0 Å². The maximum Gasteiger partial charge on any atom is 0.0871 e. The van der Waals surface area contributed by atoms with E-state index in [1.165, 1.54) is 5.56 Å². The van der Waals surface area contributed by atoms with E-state index in [9.17, 15) is 0 Å². The summed E-state index contributed by atoms with van der Waals surface area (Å²) in [4.78, 5) is 0. The smallest absolute Gasteiger partial charge is 0.0871 e. The number of oxime groups is 1. The summed E-state index contributed by atoms with van der Waals surface area (Å²) < 4.78 is 0. The normalized spacial score (nSPS) is 19.9. The minimum atomic E-state index is 0.256. The molecule has 0 fully saturated rings. The molecule has 1 unspecified atom stereocenters. The van der Waals surface area contributed by atoms with Gasteiger partial charge in [0.05, 0.1) is 15.8 Å². The van der Waals surface area contributed by atoms with Crippen molar-refractivity contribution in [2.75, 3.05) is 0 Å². The molecule has 4 heteroatoms. The molecule has 102 valence electrons. The first-order chi connectivity index (χ1) is 9.70. The van der Waals surface area contributed by atoms with Gasteiger partial charge in [-0.05, 0) is 36.1 Å². The first-order valence-corrected chi connectivity index (χ1v) is 7.21. The highest BCUT2D eigenvalue weighted by Gasteiger charge is 2.25. The molecule has 0 radical (unpaired) electrons. The quantitative estimate of drug-likeness (QED) is 0.577. The molecule has 0 aliphatic heterocycles. The molecule has 20 heavy (non-hydrogen) atoms. The highest BCUT2D eigenvalue weighted by Crippen LogP contribution is 2.38. The van der Waals surface area contributed by atoms with Crippen LogP contribution in [-0.4, -0.2) is 10.9 Å². The second-order valence-corrected chi connectivity index (χ2v) is 5.71. The summed E-state index contributed by atoms with van der Waals surface area (Å²) in [7, 11) is 0. The van der Waals surface area contributed by atoms with Gasteiger partial charge in [-0.25, -0.2) is 0 Å². The van der Waals surface area contributed by atoms with Crippen LogP contribution in [0.4, 0.5) is 0 Å². The van der Waals surface area contributed by atoms with E-state index in [1.54, 1.807) is 0 Å². The Labute approximate surface area is 127 Å². The summed E-state index contributed by atoms with van der Waals surface area (Å²) in [6.45, 7) is 0. The predicted molar refractivity (Wildman–Crippen MR) is 82.3 cm³/mol. The van der Waals surface area contributed by atoms with Crippen molar-refractivity contribution in [1.82, 2.24) is 0 Å². The lowest BCUT2D eigenvalue weighted by Crippen LogP contribution is -2.17. The monoisotopic (exact) mass is 305 g/mol. The van der Waals surface area contributed by atoms with Crippen molar-refractivity contribution >= 4 is 28.9 Å². The van der Waals surface area contributed by atoms with Gasteiger partial charge < -0.3 is 5.21 Å². The molecule has 2 aromatic carbocycles. The average Bonchev–Trinajstić information content (AvgIpc) is 2.49. The molecule has 0 saturated heterocycles. The molecule has 0 heterocycles. The SMILES string of the molecule is O/N=C1\CCC(c2ccc(Cl)c(Cl)c2)c2ccccc21. The van der Waals surface area contributed by atoms with Gasteiger partial charge in [0.25, 0.3) is 0 Å². The van der Waals surface area contributed by atoms with E-state index < -0.39 is 0 Å². The molecular weight excluding hydrogens is 293 g/mol. The molecule has 0 aromatic heterocycles. The molecule has 1 aliphatic carbocycles. The van der Waals surface area contributed by atoms with Gasteiger partial charge in [-0.2, -0.15) is 0 Å². The van der Waals surface area contributed by atoms with Crippen molar-refractivity contribution in [3.05, 3.63) is 69.2 Å². The Morgan fingerprint density at radius 1 is 1.05 bits per heavy atom. The molecule has 1 N–H and O–H groups in total. The van der Waals surface area contributed by atoms with Gasteiger partial charge in [0.1, 0.15) is 0 Å². The summed E-state index contributed by atoms with van der Waals surface area (Å²) >= 11 is 12.1. The third-order valence-corrected chi connectivity index (χ3v) is 4.52. The number of hydrogen-bond acceptors (Lipinski definition) is 2. The number of hydrogen-bond donors (Lipinski definition) is 1. The third kappa shape index (κ3) is 2.30. The molecular formula is C16H13Cl2NO. The van der Waals surface area contributed by atoms with Gasteiger partial charge >= 0.3 is 0 Å². The van der Waals surface area contributed by atoms with Gasteiger partial charge in [0.15, 0.2) is 0 Å². The molecule has 2 nitrogen and oxygen atoms in total. The van der Waals surface area contributed by atoms with Crippen molar-refractivity contribution in [3.8, 4) is 0 Å². The lowest BCUT2D eigenvalue weighted by atomic mass is 9.78. The van der Waals surface area contributed by atoms with E-state index in [-0.39, 0.29) is 5.92 Å². The van der Waals surface area contributed by atoms with Crippen LogP contribution in [0.15, 0.2) is 47.6 Å². The van der Waals surface area contributed by atoms with Crippen LogP contribution in [0.3, 0.4) is 0 Å². The molecule has 0 saturated carbocycles. The molecule has 0 spiro atoms. The summed E-state index contributed by atoms with van der Waals surface area (Å²) in [6, 6.07) is 13.8. The Hall–Kier alpha value is -1.51. The fraction of sp³-hybridized carbons (Fsp3) is 0.188. The zero-order valence-corrected chi connectivity index (χ0v) is 12.2. The second kappa shape index (κ2) is 5.47. The number of benzene rings is 2. The maximum absolute atomic E-state index is 9.12. The van der Waals surface area contributed by atoms with Crippen LogP contribution in [0, 0.1) is 0 Å². The van der Waals surface area contributed by atoms with E-state index in [4.69, 9.17) is 28.4 Å². The van der Waals surface area contributed by atoms with E-state index in [1.807, 2.05) is 36.4 Å². The zero-order chi connectivity index (χ0) is 14.1. The molecule has 2 aromatic rings. The highest BCUT2D eigenvalue weighted by atomic mass is 35.5. The van der Waals surface area contributed by atoms with E-state index in [0.717, 1.165) is 29.7 Å². The molecule has 1 aliphatic rings. The fourth-order valence-corrected chi connectivity index (χ4v) is 3.12. The van der Waals surface area contributed by atoms with Crippen molar-refractivity contribution in [1.29, 1.82) is 0 Å². The van der Waals surface area contributed by atoms with Crippen LogP contribution in [0.2, 0.25) is 10.0 Å². The van der Waals surface area contributed by atoms with Crippen LogP contribution in [0.5, 0.6) is 0 Å². The summed E-state index contributed by atoms with van der Waals surface area (Å²) in [6.07, 6.45) is 1.65. The Morgan fingerprint density at radius 3 is 2.60 bits per heavy atom. The number of rotatable bonds is 1. The Kier molecular flexibility index (Phi) is 3.68. The molecule has 3 rings (SSSR count). The Bertz CT molecular complexity index is 682. The van der Waals surface area contributed by atoms with Gasteiger partial charge in [0, 0.05) is 11.5 Å². The predicted octanol–water partition coefficient (Wildman–Crippen LogP) is 5.10. The number of nitrogens with zero attached hydrogens (tertiary/aromatic N) is 1. The van der Waals surface area contributed by atoms with Crippen LogP contribution in [-0.2, 0) is 0 Å². The van der Waals surface area contributed by atoms with Gasteiger partial charge in [-0.15, -0.1) is 0 Å². The summed E-state index contributed by atoms with van der Waals surface area (Å²) in [5.74, 6) is 0.256. The van der Waals surface area contributed by atoms with Crippen molar-refractivity contribution in [3.63, 3.8) is 0 Å². The summed E-state index contributed by atoms with van der Waals surface area (Å²) in [5, 5.41) is 13.7. The minimum Gasteiger partial charge on any atom is -0.411 e. The van der Waals surface area contributed by atoms with Gasteiger partial charge in [-0.3, -0.25) is 0 Å². The zero-order valence-electron chi connectivity index (χ0n) is 10.7. The molecule has 1 atom stereocenters. The van der Waals surface area contributed by atoms with Crippen LogP contribution < -0.4 is 0 Å².